The lowest BCUT2D eigenvalue weighted by Crippen LogP contribution is -1.94. The summed E-state index contributed by atoms with van der Waals surface area (Å²) < 4.78 is 24.9. The minimum Gasteiger partial charge on any atom is -0.220 e. The minimum absolute atomic E-state index is 0.554. The molecule has 0 atom stereocenters. The normalized spacial score (nSPS) is 12.7. The van der Waals surface area contributed by atoms with Crippen LogP contribution in [0, 0.1) is 0 Å². The number of allylic oxidation sites excluding steroid dienone is 4. The van der Waals surface area contributed by atoms with Crippen molar-refractivity contribution in [1.82, 2.24) is 0 Å². The molecule has 0 unspecified atom stereocenters. The van der Waals surface area contributed by atoms with Crippen molar-refractivity contribution in [2.75, 3.05) is 0 Å². The third-order valence-corrected chi connectivity index (χ3v) is 4.40. The van der Waals surface area contributed by atoms with E-state index in [1.807, 2.05) is 60.7 Å². The van der Waals surface area contributed by atoms with Crippen LogP contribution in [0.3, 0.4) is 0 Å². The van der Waals surface area contributed by atoms with Crippen LogP contribution in [0.4, 0.5) is 0 Å². The molecule has 0 radical (unpaired) electrons. The molecule has 2 nitrogen and oxygen atoms in total. The highest BCUT2D eigenvalue weighted by molar-refractivity contribution is 7.97. The fourth-order valence-corrected chi connectivity index (χ4v) is 3.36. The first-order valence-corrected chi connectivity index (χ1v) is 8.71. The van der Waals surface area contributed by atoms with E-state index in [1.54, 1.807) is 0 Å². The molecule has 0 amide bonds. The first kappa shape index (κ1) is 16.7. The molecule has 0 aliphatic carbocycles. The van der Waals surface area contributed by atoms with E-state index in [1.165, 1.54) is 23.0 Å². The first-order chi connectivity index (χ1) is 11.1. The SMILES string of the molecule is C=CC(=CS(=O)(=O)C=C(C=C)c1ccccc1)c1ccccc1. The maximum Gasteiger partial charge on any atom is 0.194 e. The van der Waals surface area contributed by atoms with Gasteiger partial charge in [-0.25, -0.2) is 8.42 Å². The van der Waals surface area contributed by atoms with Crippen LogP contribution in [-0.2, 0) is 9.84 Å². The van der Waals surface area contributed by atoms with E-state index in [9.17, 15) is 8.42 Å². The van der Waals surface area contributed by atoms with Crippen LogP contribution >= 0.6 is 0 Å². The van der Waals surface area contributed by atoms with Crippen LogP contribution in [0.25, 0.3) is 11.1 Å². The zero-order valence-corrected chi connectivity index (χ0v) is 13.5. The summed E-state index contributed by atoms with van der Waals surface area (Å²) in [6.07, 6.45) is 3.08. The number of rotatable bonds is 6. The Morgan fingerprint density at radius 2 is 1.04 bits per heavy atom. The molecule has 0 aromatic heterocycles. The molecular formula is C20H18O2S. The fourth-order valence-electron chi connectivity index (χ4n) is 2.12. The summed E-state index contributed by atoms with van der Waals surface area (Å²) in [7, 11) is -3.57. The van der Waals surface area contributed by atoms with Gasteiger partial charge in [0.25, 0.3) is 0 Å². The smallest absolute Gasteiger partial charge is 0.194 e. The Hall–Kier alpha value is -2.65. The van der Waals surface area contributed by atoms with Gasteiger partial charge in [0, 0.05) is 10.8 Å². The van der Waals surface area contributed by atoms with E-state index in [0.717, 1.165) is 11.1 Å². The molecule has 0 fully saturated rings. The zero-order valence-electron chi connectivity index (χ0n) is 12.7. The van der Waals surface area contributed by atoms with Crippen molar-refractivity contribution in [2.45, 2.75) is 0 Å². The minimum atomic E-state index is -3.57. The molecule has 0 aliphatic heterocycles. The van der Waals surface area contributed by atoms with Gasteiger partial charge in [0.15, 0.2) is 9.84 Å². The Bertz CT molecular complexity index is 776. The van der Waals surface area contributed by atoms with E-state index < -0.39 is 9.84 Å². The van der Waals surface area contributed by atoms with Crippen LogP contribution < -0.4 is 0 Å². The molecular weight excluding hydrogens is 304 g/mol. The Morgan fingerprint density at radius 3 is 1.35 bits per heavy atom. The Balaban J connectivity index is 2.45. The topological polar surface area (TPSA) is 34.1 Å². The third kappa shape index (κ3) is 4.66. The number of benzene rings is 2. The van der Waals surface area contributed by atoms with Gasteiger partial charge in [-0.15, -0.1) is 0 Å². The molecule has 0 saturated heterocycles. The third-order valence-electron chi connectivity index (χ3n) is 3.24. The molecule has 116 valence electrons. The van der Waals surface area contributed by atoms with E-state index >= 15 is 0 Å². The standard InChI is InChI=1S/C20H18O2S/c1-3-17(19-11-7-5-8-12-19)15-23(21,22)16-18(4-2)20-13-9-6-10-14-20/h3-16H,1-2H2. The highest BCUT2D eigenvalue weighted by atomic mass is 32.2. The molecule has 23 heavy (non-hydrogen) atoms. The van der Waals surface area contributed by atoms with Crippen molar-refractivity contribution in [3.05, 3.63) is 108 Å². The predicted octanol–water partition coefficient (Wildman–Crippen LogP) is 4.86. The summed E-state index contributed by atoms with van der Waals surface area (Å²) in [5, 5.41) is 2.45. The van der Waals surface area contributed by atoms with Gasteiger partial charge in [-0.3, -0.25) is 0 Å². The lowest BCUT2D eigenvalue weighted by Gasteiger charge is -2.04. The summed E-state index contributed by atoms with van der Waals surface area (Å²) >= 11 is 0. The molecule has 0 N–H and O–H groups in total. The van der Waals surface area contributed by atoms with Gasteiger partial charge in [-0.2, -0.15) is 0 Å². The van der Waals surface area contributed by atoms with Crippen molar-refractivity contribution in [3.63, 3.8) is 0 Å². The second-order valence-corrected chi connectivity index (χ2v) is 6.53. The molecule has 3 heteroatoms. The van der Waals surface area contributed by atoms with Crippen LogP contribution in [0.5, 0.6) is 0 Å². The second kappa shape index (κ2) is 7.56. The van der Waals surface area contributed by atoms with E-state index in [4.69, 9.17) is 0 Å². The average molecular weight is 322 g/mol. The lowest BCUT2D eigenvalue weighted by atomic mass is 10.1. The quantitative estimate of drug-likeness (QED) is 0.712. The van der Waals surface area contributed by atoms with Gasteiger partial charge in [0.1, 0.15) is 0 Å². The highest BCUT2D eigenvalue weighted by Crippen LogP contribution is 2.21. The van der Waals surface area contributed by atoms with Gasteiger partial charge in [-0.1, -0.05) is 86.0 Å². The summed E-state index contributed by atoms with van der Waals surface area (Å²) in [4.78, 5) is 0. The number of hydrogen-bond donors (Lipinski definition) is 0. The predicted molar refractivity (Wildman–Crippen MR) is 98.2 cm³/mol. The van der Waals surface area contributed by atoms with Gasteiger partial charge in [0.05, 0.1) is 0 Å². The monoisotopic (exact) mass is 322 g/mol. The zero-order chi connectivity index (χ0) is 16.7. The molecule has 0 saturated carbocycles. The summed E-state index contributed by atoms with van der Waals surface area (Å²) in [6.45, 7) is 7.41. The van der Waals surface area contributed by atoms with Crippen molar-refractivity contribution in [1.29, 1.82) is 0 Å². The van der Waals surface area contributed by atoms with E-state index in [0.29, 0.717) is 11.1 Å². The van der Waals surface area contributed by atoms with Crippen LogP contribution in [0.2, 0.25) is 0 Å². The van der Waals surface area contributed by atoms with Gasteiger partial charge in [0.2, 0.25) is 0 Å². The molecule has 0 aliphatic rings. The van der Waals surface area contributed by atoms with Crippen LogP contribution in [0.1, 0.15) is 11.1 Å². The first-order valence-electron chi connectivity index (χ1n) is 7.10. The lowest BCUT2D eigenvalue weighted by molar-refractivity contribution is 0.613. The Labute approximate surface area is 137 Å². The number of sulfone groups is 1. The summed E-state index contributed by atoms with van der Waals surface area (Å²) in [5.41, 5.74) is 2.72. The van der Waals surface area contributed by atoms with Gasteiger partial charge in [-0.05, 0) is 22.3 Å². The summed E-state index contributed by atoms with van der Waals surface area (Å²) in [5.74, 6) is 0. The molecule has 0 spiro atoms. The van der Waals surface area contributed by atoms with Gasteiger partial charge < -0.3 is 0 Å². The van der Waals surface area contributed by atoms with Crippen LogP contribution in [0.15, 0.2) is 96.8 Å². The van der Waals surface area contributed by atoms with E-state index in [2.05, 4.69) is 13.2 Å². The molecule has 2 rings (SSSR count). The second-order valence-electron chi connectivity index (χ2n) is 4.88. The molecule has 0 heterocycles. The highest BCUT2D eigenvalue weighted by Gasteiger charge is 2.08. The maximum atomic E-state index is 12.5. The van der Waals surface area contributed by atoms with E-state index in [-0.39, 0.29) is 0 Å². The van der Waals surface area contributed by atoms with Crippen molar-refractivity contribution in [3.8, 4) is 0 Å². The molecule has 2 aromatic carbocycles. The molecule has 0 bridgehead atoms. The van der Waals surface area contributed by atoms with Crippen LogP contribution in [-0.4, -0.2) is 8.42 Å². The average Bonchev–Trinajstić information content (AvgIpc) is 2.59. The largest absolute Gasteiger partial charge is 0.220 e. The Morgan fingerprint density at radius 1 is 0.696 bits per heavy atom. The fraction of sp³-hybridized carbons (Fsp3) is 0. The maximum absolute atomic E-state index is 12.5. The molecule has 2 aromatic rings. The summed E-state index contributed by atoms with van der Waals surface area (Å²) in [6, 6.07) is 18.6. The van der Waals surface area contributed by atoms with Gasteiger partial charge >= 0.3 is 0 Å². The Kier molecular flexibility index (Phi) is 5.50. The number of hydrogen-bond acceptors (Lipinski definition) is 2. The van der Waals surface area contributed by atoms with Crippen molar-refractivity contribution in [2.24, 2.45) is 0 Å². The van der Waals surface area contributed by atoms with Crippen molar-refractivity contribution >= 4 is 21.0 Å². The van der Waals surface area contributed by atoms with Crippen molar-refractivity contribution < 1.29 is 8.42 Å².